The predicted octanol–water partition coefficient (Wildman–Crippen LogP) is 3.63. The summed E-state index contributed by atoms with van der Waals surface area (Å²) < 4.78 is 32.5. The number of sulfonamides is 1. The Labute approximate surface area is 226 Å². The summed E-state index contributed by atoms with van der Waals surface area (Å²) in [6.45, 7) is 0.266. The summed E-state index contributed by atoms with van der Waals surface area (Å²) in [7, 11) is -3.70. The van der Waals surface area contributed by atoms with E-state index >= 15 is 0 Å². The van der Waals surface area contributed by atoms with Gasteiger partial charge in [0, 0.05) is 16.1 Å². The van der Waals surface area contributed by atoms with Gasteiger partial charge in [-0.05, 0) is 60.0 Å². The van der Waals surface area contributed by atoms with Gasteiger partial charge >= 0.3 is 0 Å². The fourth-order valence-corrected chi connectivity index (χ4v) is 6.07. The van der Waals surface area contributed by atoms with Crippen LogP contribution >= 0.6 is 23.1 Å². The number of carbonyl (C=O) groups excluding carboxylic acids is 3. The molecule has 4 rings (SSSR count). The number of thioether (sulfide) groups is 1. The van der Waals surface area contributed by atoms with Gasteiger partial charge in [-0.2, -0.15) is 0 Å². The molecule has 0 fully saturated rings. The predicted molar refractivity (Wildman–Crippen MR) is 144 cm³/mol. The molecule has 0 spiro atoms. The Morgan fingerprint density at radius 3 is 2.34 bits per heavy atom. The second-order valence-corrected chi connectivity index (χ2v) is 11.5. The number of nitrogens with one attached hydrogen (secondary N) is 4. The minimum absolute atomic E-state index is 0.0833. The van der Waals surface area contributed by atoms with E-state index in [2.05, 4.69) is 20.9 Å². The first-order valence-electron chi connectivity index (χ1n) is 11.1. The quantitative estimate of drug-likeness (QED) is 0.168. The van der Waals surface area contributed by atoms with E-state index in [1.165, 1.54) is 48.4 Å². The van der Waals surface area contributed by atoms with E-state index in [1.807, 2.05) is 0 Å². The number of hydrogen-bond donors (Lipinski definition) is 4. The van der Waals surface area contributed by atoms with Crippen molar-refractivity contribution in [3.8, 4) is 0 Å². The first-order chi connectivity index (χ1) is 18.3. The van der Waals surface area contributed by atoms with Crippen LogP contribution in [0.3, 0.4) is 0 Å². The zero-order valence-corrected chi connectivity index (χ0v) is 22.1. The van der Waals surface area contributed by atoms with E-state index in [0.29, 0.717) is 10.7 Å². The van der Waals surface area contributed by atoms with Gasteiger partial charge in [-0.15, -0.1) is 23.1 Å². The SMILES string of the molecule is O=C(CSc1ccccc1C(=O)NNC(=O)c1ccc(NS(=O)(=O)c2cccs2)cc1)NCc1ccco1. The fourth-order valence-electron chi connectivity index (χ4n) is 3.14. The minimum atomic E-state index is -3.70. The van der Waals surface area contributed by atoms with Gasteiger partial charge in [-0.1, -0.05) is 18.2 Å². The van der Waals surface area contributed by atoms with E-state index < -0.39 is 21.8 Å². The van der Waals surface area contributed by atoms with Crippen molar-refractivity contribution in [2.45, 2.75) is 15.6 Å². The minimum Gasteiger partial charge on any atom is -0.467 e. The van der Waals surface area contributed by atoms with Crippen molar-refractivity contribution in [3.05, 3.63) is 101 Å². The third-order valence-electron chi connectivity index (χ3n) is 4.98. The molecule has 38 heavy (non-hydrogen) atoms. The number of furan rings is 1. The molecule has 0 atom stereocenters. The lowest BCUT2D eigenvalue weighted by atomic mass is 10.2. The lowest BCUT2D eigenvalue weighted by Crippen LogP contribution is -2.41. The zero-order chi connectivity index (χ0) is 27.0. The highest BCUT2D eigenvalue weighted by atomic mass is 32.2. The summed E-state index contributed by atoms with van der Waals surface area (Å²) in [5.74, 6) is -0.657. The van der Waals surface area contributed by atoms with Crippen LogP contribution in [0.25, 0.3) is 0 Å². The molecule has 196 valence electrons. The number of hydrogen-bond acceptors (Lipinski definition) is 8. The van der Waals surface area contributed by atoms with Crippen LogP contribution in [0, 0.1) is 0 Å². The summed E-state index contributed by atoms with van der Waals surface area (Å²) >= 11 is 2.28. The number of hydrazine groups is 1. The topological polar surface area (TPSA) is 147 Å². The Bertz CT molecular complexity index is 1500. The van der Waals surface area contributed by atoms with Crippen LogP contribution in [0.2, 0.25) is 0 Å². The smallest absolute Gasteiger partial charge is 0.271 e. The summed E-state index contributed by atoms with van der Waals surface area (Å²) in [5, 5.41) is 4.40. The van der Waals surface area contributed by atoms with Gasteiger partial charge < -0.3 is 9.73 Å². The van der Waals surface area contributed by atoms with Crippen LogP contribution in [0.1, 0.15) is 26.5 Å². The van der Waals surface area contributed by atoms with E-state index in [9.17, 15) is 22.8 Å². The maximum absolute atomic E-state index is 12.7. The Hall–Kier alpha value is -4.07. The molecule has 0 aliphatic carbocycles. The molecular weight excluding hydrogens is 548 g/mol. The second kappa shape index (κ2) is 12.4. The van der Waals surface area contributed by atoms with Crippen molar-refractivity contribution in [1.82, 2.24) is 16.2 Å². The molecule has 10 nitrogen and oxygen atoms in total. The van der Waals surface area contributed by atoms with E-state index in [1.54, 1.807) is 47.8 Å². The Balaban J connectivity index is 1.29. The molecule has 0 saturated carbocycles. The molecule has 3 amide bonds. The van der Waals surface area contributed by atoms with Crippen LogP contribution in [0.5, 0.6) is 0 Å². The van der Waals surface area contributed by atoms with Gasteiger partial charge in [0.1, 0.15) is 9.97 Å². The number of amides is 3. The van der Waals surface area contributed by atoms with E-state index in [-0.39, 0.29) is 39.2 Å². The van der Waals surface area contributed by atoms with Crippen molar-refractivity contribution >= 4 is 56.5 Å². The maximum atomic E-state index is 12.7. The van der Waals surface area contributed by atoms with Crippen molar-refractivity contribution in [2.24, 2.45) is 0 Å². The molecule has 0 saturated heterocycles. The molecule has 13 heteroatoms. The highest BCUT2D eigenvalue weighted by molar-refractivity contribution is 8.00. The average molecular weight is 571 g/mol. The number of benzene rings is 2. The normalized spacial score (nSPS) is 10.9. The highest BCUT2D eigenvalue weighted by Crippen LogP contribution is 2.23. The van der Waals surface area contributed by atoms with Crippen LogP contribution < -0.4 is 20.9 Å². The molecule has 0 radical (unpaired) electrons. The zero-order valence-electron chi connectivity index (χ0n) is 19.7. The molecule has 4 N–H and O–H groups in total. The van der Waals surface area contributed by atoms with Gasteiger partial charge in [-0.25, -0.2) is 8.42 Å². The third-order valence-corrected chi connectivity index (χ3v) is 8.83. The lowest BCUT2D eigenvalue weighted by molar-refractivity contribution is -0.118. The van der Waals surface area contributed by atoms with E-state index in [4.69, 9.17) is 4.42 Å². The summed E-state index contributed by atoms with van der Waals surface area (Å²) in [5.41, 5.74) is 5.49. The van der Waals surface area contributed by atoms with Crippen molar-refractivity contribution in [3.63, 3.8) is 0 Å². The number of thiophene rings is 1. The Morgan fingerprint density at radius 1 is 0.868 bits per heavy atom. The molecule has 2 aromatic carbocycles. The van der Waals surface area contributed by atoms with Gasteiger partial charge in [0.15, 0.2) is 0 Å². The van der Waals surface area contributed by atoms with Crippen molar-refractivity contribution < 1.29 is 27.2 Å². The van der Waals surface area contributed by atoms with Crippen LogP contribution in [0.15, 0.2) is 98.0 Å². The molecule has 0 aliphatic rings. The van der Waals surface area contributed by atoms with Gasteiger partial charge in [0.25, 0.3) is 21.8 Å². The van der Waals surface area contributed by atoms with Crippen LogP contribution in [-0.4, -0.2) is 31.9 Å². The first-order valence-corrected chi connectivity index (χ1v) is 14.4. The Morgan fingerprint density at radius 2 is 1.63 bits per heavy atom. The summed E-state index contributed by atoms with van der Waals surface area (Å²) in [4.78, 5) is 37.9. The molecule has 2 heterocycles. The molecular formula is C25H22N4O6S3. The van der Waals surface area contributed by atoms with E-state index in [0.717, 1.165) is 11.3 Å². The third kappa shape index (κ3) is 7.25. The van der Waals surface area contributed by atoms with Gasteiger partial charge in [0.05, 0.1) is 24.1 Å². The number of rotatable bonds is 10. The van der Waals surface area contributed by atoms with Gasteiger partial charge in [0.2, 0.25) is 5.91 Å². The second-order valence-electron chi connectivity index (χ2n) is 7.66. The molecule has 4 aromatic rings. The average Bonchev–Trinajstić information content (AvgIpc) is 3.65. The fraction of sp³-hybridized carbons (Fsp3) is 0.0800. The van der Waals surface area contributed by atoms with Crippen LogP contribution in [-0.2, 0) is 21.4 Å². The first kappa shape index (κ1) is 27.0. The Kier molecular flexibility index (Phi) is 8.84. The monoisotopic (exact) mass is 570 g/mol. The molecule has 2 aromatic heterocycles. The molecule has 0 unspecified atom stereocenters. The standard InChI is InChI=1S/C25H22N4O6S3/c30-22(26-15-19-5-3-13-35-19)16-37-21-7-2-1-6-20(21)25(32)28-27-24(31)17-9-11-18(12-10-17)29-38(33,34)23-8-4-14-36-23/h1-14,29H,15-16H2,(H,26,30)(H,27,31)(H,28,32). The summed E-state index contributed by atoms with van der Waals surface area (Å²) in [6, 6.07) is 19.1. The largest absolute Gasteiger partial charge is 0.467 e. The van der Waals surface area contributed by atoms with Gasteiger partial charge in [-0.3, -0.25) is 30.0 Å². The summed E-state index contributed by atoms with van der Waals surface area (Å²) in [6.07, 6.45) is 1.52. The van der Waals surface area contributed by atoms with Crippen molar-refractivity contribution in [2.75, 3.05) is 10.5 Å². The number of anilines is 1. The molecule has 0 aliphatic heterocycles. The number of carbonyl (C=O) groups is 3. The lowest BCUT2D eigenvalue weighted by Gasteiger charge is -2.11. The maximum Gasteiger partial charge on any atom is 0.271 e. The van der Waals surface area contributed by atoms with Crippen molar-refractivity contribution in [1.29, 1.82) is 0 Å². The highest BCUT2D eigenvalue weighted by Gasteiger charge is 2.17. The van der Waals surface area contributed by atoms with Crippen LogP contribution in [0.4, 0.5) is 5.69 Å². The molecule has 0 bridgehead atoms.